The molecule has 0 fully saturated rings. The van der Waals surface area contributed by atoms with Crippen molar-refractivity contribution in [2.75, 3.05) is 25.1 Å². The molecule has 2 heterocycles. The number of alkyl halides is 3. The largest absolute Gasteiger partial charge is 0.405 e. The number of amides is 2. The third-order valence-corrected chi connectivity index (χ3v) is 5.59. The number of aromatic nitrogens is 3. The summed E-state index contributed by atoms with van der Waals surface area (Å²) in [5.74, 6) is -1.04. The highest BCUT2D eigenvalue weighted by Crippen LogP contribution is 2.24. The van der Waals surface area contributed by atoms with Crippen molar-refractivity contribution in [1.29, 1.82) is 0 Å². The lowest BCUT2D eigenvalue weighted by Gasteiger charge is -2.11. The quantitative estimate of drug-likeness (QED) is 0.267. The Morgan fingerprint density at radius 3 is 2.61 bits per heavy atom. The number of halogens is 3. The topological polar surface area (TPSA) is 124 Å². The SMILES string of the molecule is CCOCCc1cc(C(N)=O)ccc1Nc1nc2ccc(-c3cccc(C(=O)NCC(F)(F)F)c3)cn2n1. The van der Waals surface area contributed by atoms with E-state index in [1.165, 1.54) is 12.1 Å². The van der Waals surface area contributed by atoms with Crippen LogP contribution in [-0.2, 0) is 11.2 Å². The molecule has 38 heavy (non-hydrogen) atoms. The summed E-state index contributed by atoms with van der Waals surface area (Å²) in [5, 5.41) is 9.51. The van der Waals surface area contributed by atoms with Crippen LogP contribution in [-0.4, -0.2) is 52.3 Å². The molecule has 198 valence electrons. The van der Waals surface area contributed by atoms with E-state index in [4.69, 9.17) is 10.5 Å². The van der Waals surface area contributed by atoms with Crippen LogP contribution >= 0.6 is 0 Å². The first-order valence-corrected chi connectivity index (χ1v) is 11.7. The summed E-state index contributed by atoms with van der Waals surface area (Å²) in [6.07, 6.45) is -2.25. The Bertz CT molecular complexity index is 1470. The first-order valence-electron chi connectivity index (χ1n) is 11.7. The molecule has 2 aromatic carbocycles. The Labute approximate surface area is 215 Å². The lowest BCUT2D eigenvalue weighted by molar-refractivity contribution is -0.123. The third kappa shape index (κ3) is 6.65. The van der Waals surface area contributed by atoms with Gasteiger partial charge in [0.2, 0.25) is 11.9 Å². The van der Waals surface area contributed by atoms with Crippen LogP contribution in [0.5, 0.6) is 0 Å². The van der Waals surface area contributed by atoms with Gasteiger partial charge in [-0.1, -0.05) is 12.1 Å². The normalized spacial score (nSPS) is 11.5. The van der Waals surface area contributed by atoms with Gasteiger partial charge in [-0.15, -0.1) is 5.10 Å². The van der Waals surface area contributed by atoms with Crippen molar-refractivity contribution in [2.45, 2.75) is 19.5 Å². The predicted octanol–water partition coefficient (Wildman–Crippen LogP) is 4.11. The van der Waals surface area contributed by atoms with Gasteiger partial charge in [0.25, 0.3) is 5.91 Å². The minimum Gasteiger partial charge on any atom is -0.381 e. The average molecular weight is 527 g/mol. The first kappa shape index (κ1) is 26.6. The van der Waals surface area contributed by atoms with Crippen LogP contribution in [0.15, 0.2) is 60.8 Å². The third-order valence-electron chi connectivity index (χ3n) is 5.59. The number of primary amides is 1. The minimum absolute atomic E-state index is 0.104. The zero-order valence-electron chi connectivity index (χ0n) is 20.4. The van der Waals surface area contributed by atoms with Gasteiger partial charge in [-0.25, -0.2) is 4.52 Å². The number of carbonyl (C=O) groups excluding carboxylic acids is 2. The van der Waals surface area contributed by atoms with E-state index in [0.29, 0.717) is 53.6 Å². The average Bonchev–Trinajstić information content (AvgIpc) is 3.29. The molecule has 0 unspecified atom stereocenters. The van der Waals surface area contributed by atoms with E-state index >= 15 is 0 Å². The highest BCUT2D eigenvalue weighted by atomic mass is 19.4. The Balaban J connectivity index is 1.56. The summed E-state index contributed by atoms with van der Waals surface area (Å²) in [7, 11) is 0. The van der Waals surface area contributed by atoms with Crippen LogP contribution in [0.2, 0.25) is 0 Å². The van der Waals surface area contributed by atoms with Gasteiger partial charge in [0.1, 0.15) is 6.54 Å². The molecule has 2 amide bonds. The number of carbonyl (C=O) groups is 2. The molecule has 0 atom stereocenters. The van der Waals surface area contributed by atoms with Gasteiger partial charge in [-0.05, 0) is 66.9 Å². The number of pyridine rings is 1. The number of ether oxygens (including phenoxy) is 1. The monoisotopic (exact) mass is 526 g/mol. The molecule has 0 saturated carbocycles. The number of nitrogens with zero attached hydrogens (tertiary/aromatic N) is 3. The van der Waals surface area contributed by atoms with Gasteiger partial charge < -0.3 is 21.1 Å². The molecule has 0 radical (unpaired) electrons. The number of hydrogen-bond acceptors (Lipinski definition) is 6. The van der Waals surface area contributed by atoms with E-state index in [9.17, 15) is 22.8 Å². The van der Waals surface area contributed by atoms with Gasteiger partial charge >= 0.3 is 6.18 Å². The summed E-state index contributed by atoms with van der Waals surface area (Å²) in [4.78, 5) is 28.3. The maximum atomic E-state index is 12.4. The van der Waals surface area contributed by atoms with Crippen molar-refractivity contribution in [3.8, 4) is 11.1 Å². The number of fused-ring (bicyclic) bond motifs is 1. The van der Waals surface area contributed by atoms with Crippen molar-refractivity contribution in [3.63, 3.8) is 0 Å². The van der Waals surface area contributed by atoms with Gasteiger partial charge in [-0.3, -0.25) is 9.59 Å². The second-order valence-electron chi connectivity index (χ2n) is 8.34. The maximum Gasteiger partial charge on any atom is 0.405 e. The van der Waals surface area contributed by atoms with Crippen molar-refractivity contribution in [1.82, 2.24) is 19.9 Å². The summed E-state index contributed by atoms with van der Waals surface area (Å²) in [6, 6.07) is 14.8. The van der Waals surface area contributed by atoms with Crippen molar-refractivity contribution in [3.05, 3.63) is 77.5 Å². The van der Waals surface area contributed by atoms with Crippen molar-refractivity contribution >= 4 is 29.1 Å². The van der Waals surface area contributed by atoms with E-state index in [0.717, 1.165) is 5.56 Å². The number of rotatable bonds is 10. The molecule has 0 spiro atoms. The van der Waals surface area contributed by atoms with E-state index in [1.54, 1.807) is 53.2 Å². The predicted molar refractivity (Wildman–Crippen MR) is 135 cm³/mol. The van der Waals surface area contributed by atoms with E-state index < -0.39 is 24.5 Å². The molecule has 4 aromatic rings. The van der Waals surface area contributed by atoms with E-state index in [1.807, 2.05) is 12.2 Å². The molecule has 0 bridgehead atoms. The summed E-state index contributed by atoms with van der Waals surface area (Å²) < 4.78 is 44.3. The Morgan fingerprint density at radius 1 is 1.05 bits per heavy atom. The Kier molecular flexibility index (Phi) is 7.91. The molecule has 2 aromatic heterocycles. The summed E-state index contributed by atoms with van der Waals surface area (Å²) in [6.45, 7) is 1.51. The summed E-state index contributed by atoms with van der Waals surface area (Å²) in [5.41, 5.74) is 9.27. The zero-order chi connectivity index (χ0) is 27.3. The van der Waals surface area contributed by atoms with Gasteiger partial charge in [0.15, 0.2) is 5.65 Å². The second-order valence-corrected chi connectivity index (χ2v) is 8.34. The molecule has 12 heteroatoms. The first-order chi connectivity index (χ1) is 18.1. The number of nitrogens with two attached hydrogens (primary N) is 1. The lowest BCUT2D eigenvalue weighted by atomic mass is 10.0. The fourth-order valence-electron chi connectivity index (χ4n) is 3.75. The molecule has 0 aliphatic heterocycles. The van der Waals surface area contributed by atoms with Crippen molar-refractivity contribution in [2.24, 2.45) is 5.73 Å². The van der Waals surface area contributed by atoms with Gasteiger partial charge in [0, 0.05) is 35.2 Å². The minimum atomic E-state index is -4.49. The summed E-state index contributed by atoms with van der Waals surface area (Å²) >= 11 is 0. The standard InChI is InChI=1S/C26H25F3N6O3/c1-2-38-11-10-17-13-18(23(30)36)6-8-21(17)32-25-33-22-9-7-20(14-35(22)34-25)16-4-3-5-19(12-16)24(37)31-15-26(27,28)29/h3-9,12-14H,2,10-11,15H2,1H3,(H2,30,36)(H,31,37)(H,32,34). The second kappa shape index (κ2) is 11.3. The van der Waals surface area contributed by atoms with Gasteiger partial charge in [0.05, 0.1) is 6.61 Å². The molecule has 9 nitrogen and oxygen atoms in total. The fourth-order valence-corrected chi connectivity index (χ4v) is 3.75. The number of nitrogens with one attached hydrogen (secondary N) is 2. The molecule has 0 aliphatic carbocycles. The zero-order valence-corrected chi connectivity index (χ0v) is 20.4. The molecule has 0 saturated heterocycles. The Morgan fingerprint density at radius 2 is 1.87 bits per heavy atom. The maximum absolute atomic E-state index is 12.4. The Hall–Kier alpha value is -4.45. The number of anilines is 2. The van der Waals surface area contributed by atoms with E-state index in [-0.39, 0.29) is 5.56 Å². The van der Waals surface area contributed by atoms with Crippen LogP contribution in [0.25, 0.3) is 16.8 Å². The number of hydrogen-bond donors (Lipinski definition) is 3. The molecule has 4 rings (SSSR count). The molecule has 0 aliphatic rings. The van der Waals surface area contributed by atoms with Crippen molar-refractivity contribution < 1.29 is 27.5 Å². The molecular formula is C26H25F3N6O3. The van der Waals surface area contributed by atoms with Crippen LogP contribution in [0.3, 0.4) is 0 Å². The molecule has 4 N–H and O–H groups in total. The van der Waals surface area contributed by atoms with E-state index in [2.05, 4.69) is 15.4 Å². The van der Waals surface area contributed by atoms with Gasteiger partial charge in [-0.2, -0.15) is 18.2 Å². The van der Waals surface area contributed by atoms with Crippen LogP contribution in [0.4, 0.5) is 24.8 Å². The van der Waals surface area contributed by atoms with Crippen LogP contribution < -0.4 is 16.4 Å². The highest BCUT2D eigenvalue weighted by molar-refractivity contribution is 5.95. The molecular weight excluding hydrogens is 501 g/mol. The van der Waals surface area contributed by atoms with Crippen LogP contribution in [0.1, 0.15) is 33.2 Å². The number of benzene rings is 2. The lowest BCUT2D eigenvalue weighted by Crippen LogP contribution is -2.33. The van der Waals surface area contributed by atoms with Crippen LogP contribution in [0, 0.1) is 0 Å². The fraction of sp³-hybridized carbons (Fsp3) is 0.231. The smallest absolute Gasteiger partial charge is 0.381 e. The highest BCUT2D eigenvalue weighted by Gasteiger charge is 2.28.